The molecule has 0 radical (unpaired) electrons. The van der Waals surface area contributed by atoms with E-state index in [-0.39, 0.29) is 0 Å². The molecule has 2 nitrogen and oxygen atoms in total. The summed E-state index contributed by atoms with van der Waals surface area (Å²) >= 11 is 7.48. The average molecular weight is 383 g/mol. The summed E-state index contributed by atoms with van der Waals surface area (Å²) in [6.07, 6.45) is 14.2. The highest BCUT2D eigenvalue weighted by atomic mass is 32.9. The Kier molecular flexibility index (Phi) is 17.0. The van der Waals surface area contributed by atoms with E-state index >= 15 is 0 Å². The molecule has 1 atom stereocenters. The Morgan fingerprint density at radius 1 is 0.783 bits per heavy atom. The third kappa shape index (κ3) is 14.9. The normalized spacial score (nSPS) is 13.4. The molecular weight excluding hydrogens is 343 g/mol. The maximum atomic E-state index is 5.90. The fourth-order valence-corrected chi connectivity index (χ4v) is 8.28. The van der Waals surface area contributed by atoms with Crippen molar-refractivity contribution in [3.63, 3.8) is 0 Å². The van der Waals surface area contributed by atoms with Crippen LogP contribution in [0.3, 0.4) is 0 Å². The SMILES string of the molecule is CCCCCCCCCCC(C)SP(=S)(OCCC)OCCC. The van der Waals surface area contributed by atoms with Crippen LogP contribution in [-0.2, 0) is 20.9 Å². The molecule has 0 aliphatic heterocycles. The lowest BCUT2D eigenvalue weighted by atomic mass is 10.1. The minimum Gasteiger partial charge on any atom is -0.322 e. The van der Waals surface area contributed by atoms with Crippen LogP contribution in [0.1, 0.15) is 98.3 Å². The number of rotatable bonds is 17. The van der Waals surface area contributed by atoms with Crippen LogP contribution < -0.4 is 0 Å². The van der Waals surface area contributed by atoms with Gasteiger partial charge in [-0.3, -0.25) is 0 Å². The summed E-state index contributed by atoms with van der Waals surface area (Å²) in [6, 6.07) is 0. The highest BCUT2D eigenvalue weighted by Gasteiger charge is 2.23. The van der Waals surface area contributed by atoms with E-state index in [4.69, 9.17) is 20.9 Å². The topological polar surface area (TPSA) is 18.5 Å². The van der Waals surface area contributed by atoms with Crippen LogP contribution in [0.5, 0.6) is 0 Å². The molecule has 0 bridgehead atoms. The molecule has 0 saturated heterocycles. The van der Waals surface area contributed by atoms with Gasteiger partial charge >= 0.3 is 0 Å². The summed E-state index contributed by atoms with van der Waals surface area (Å²) in [6.45, 7) is 10.2. The van der Waals surface area contributed by atoms with Gasteiger partial charge in [0.1, 0.15) is 0 Å². The number of unbranched alkanes of at least 4 members (excludes halogenated alkanes) is 7. The van der Waals surface area contributed by atoms with Gasteiger partial charge in [0.2, 0.25) is 5.69 Å². The Bertz CT molecular complexity index is 289. The zero-order valence-corrected chi connectivity index (χ0v) is 18.4. The zero-order valence-electron chi connectivity index (χ0n) is 15.8. The second-order valence-electron chi connectivity index (χ2n) is 6.29. The summed E-state index contributed by atoms with van der Waals surface area (Å²) in [5.41, 5.74) is -2.13. The van der Waals surface area contributed by atoms with Gasteiger partial charge in [-0.05, 0) is 31.1 Å². The molecule has 0 fully saturated rings. The monoisotopic (exact) mass is 382 g/mol. The largest absolute Gasteiger partial charge is 0.322 e. The van der Waals surface area contributed by atoms with E-state index in [0.29, 0.717) is 5.25 Å². The number of hydrogen-bond acceptors (Lipinski definition) is 4. The molecule has 0 aliphatic carbocycles. The van der Waals surface area contributed by atoms with E-state index in [1.165, 1.54) is 57.8 Å². The molecule has 0 N–H and O–H groups in total. The van der Waals surface area contributed by atoms with Gasteiger partial charge in [-0.1, -0.05) is 90.4 Å². The molecule has 0 spiro atoms. The number of hydrogen-bond donors (Lipinski definition) is 0. The van der Waals surface area contributed by atoms with Crippen molar-refractivity contribution >= 4 is 28.9 Å². The quantitative estimate of drug-likeness (QED) is 0.189. The Labute approximate surface area is 154 Å². The van der Waals surface area contributed by atoms with Gasteiger partial charge < -0.3 is 9.05 Å². The average Bonchev–Trinajstić information content (AvgIpc) is 2.53. The molecular formula is C18H39O2PS2. The van der Waals surface area contributed by atoms with E-state index in [9.17, 15) is 0 Å². The third-order valence-corrected chi connectivity index (χ3v) is 9.43. The molecule has 0 saturated carbocycles. The van der Waals surface area contributed by atoms with Crippen molar-refractivity contribution in [3.8, 4) is 0 Å². The Morgan fingerprint density at radius 2 is 1.26 bits per heavy atom. The van der Waals surface area contributed by atoms with Gasteiger partial charge in [0, 0.05) is 5.25 Å². The fraction of sp³-hybridized carbons (Fsp3) is 1.00. The summed E-state index contributed by atoms with van der Waals surface area (Å²) in [5.74, 6) is 0. The molecule has 0 amide bonds. The van der Waals surface area contributed by atoms with E-state index in [0.717, 1.165) is 26.1 Å². The minimum absolute atomic E-state index is 0.537. The Hall–Kier alpha value is 0.920. The maximum Gasteiger partial charge on any atom is 0.247 e. The molecule has 140 valence electrons. The van der Waals surface area contributed by atoms with E-state index in [1.807, 2.05) is 0 Å². The zero-order chi connectivity index (χ0) is 17.4. The molecule has 0 aromatic heterocycles. The van der Waals surface area contributed by atoms with E-state index in [1.54, 1.807) is 11.4 Å². The van der Waals surface area contributed by atoms with Crippen molar-refractivity contribution < 1.29 is 9.05 Å². The Morgan fingerprint density at radius 3 is 1.74 bits per heavy atom. The second-order valence-corrected chi connectivity index (χ2v) is 12.9. The first kappa shape index (κ1) is 23.9. The highest BCUT2D eigenvalue weighted by molar-refractivity contribution is 8.68. The van der Waals surface area contributed by atoms with Crippen LogP contribution in [-0.4, -0.2) is 18.5 Å². The lowest BCUT2D eigenvalue weighted by Gasteiger charge is -2.24. The predicted octanol–water partition coefficient (Wildman–Crippen LogP) is 7.72. The molecule has 1 unspecified atom stereocenters. The molecule has 0 aromatic carbocycles. The second kappa shape index (κ2) is 16.4. The van der Waals surface area contributed by atoms with Crippen LogP contribution in [0.15, 0.2) is 0 Å². The predicted molar refractivity (Wildman–Crippen MR) is 111 cm³/mol. The van der Waals surface area contributed by atoms with E-state index < -0.39 is 5.69 Å². The highest BCUT2D eigenvalue weighted by Crippen LogP contribution is 2.63. The lowest BCUT2D eigenvalue weighted by Crippen LogP contribution is -2.01. The molecule has 5 heteroatoms. The summed E-state index contributed by atoms with van der Waals surface area (Å²) in [4.78, 5) is 0. The maximum absolute atomic E-state index is 5.90. The van der Waals surface area contributed by atoms with Crippen LogP contribution in [0.2, 0.25) is 0 Å². The molecule has 0 rings (SSSR count). The van der Waals surface area contributed by atoms with Crippen molar-refractivity contribution in [3.05, 3.63) is 0 Å². The van der Waals surface area contributed by atoms with Crippen molar-refractivity contribution in [2.45, 2.75) is 104 Å². The summed E-state index contributed by atoms with van der Waals surface area (Å²) in [7, 11) is 0. The first-order valence-electron chi connectivity index (χ1n) is 9.65. The van der Waals surface area contributed by atoms with Gasteiger partial charge in [-0.25, -0.2) is 0 Å². The van der Waals surface area contributed by atoms with Crippen LogP contribution in [0.25, 0.3) is 0 Å². The van der Waals surface area contributed by atoms with Crippen molar-refractivity contribution in [1.82, 2.24) is 0 Å². The lowest BCUT2D eigenvalue weighted by molar-refractivity contribution is 0.259. The summed E-state index contributed by atoms with van der Waals surface area (Å²) < 4.78 is 11.8. The Balaban J connectivity index is 3.85. The van der Waals surface area contributed by atoms with Crippen LogP contribution >= 0.6 is 17.1 Å². The van der Waals surface area contributed by atoms with Gasteiger partial charge in [-0.15, -0.1) is 0 Å². The van der Waals surface area contributed by atoms with Gasteiger partial charge in [0.25, 0.3) is 0 Å². The van der Waals surface area contributed by atoms with Crippen molar-refractivity contribution in [2.75, 3.05) is 13.2 Å². The standard InChI is InChI=1S/C18H39O2PS2/c1-5-8-9-10-11-12-13-14-15-18(4)23-21(22,19-16-6-2)20-17-7-3/h18H,5-17H2,1-4H3. The summed E-state index contributed by atoms with van der Waals surface area (Å²) in [5, 5.41) is 0.537. The van der Waals surface area contributed by atoms with Crippen molar-refractivity contribution in [1.29, 1.82) is 0 Å². The van der Waals surface area contributed by atoms with Crippen molar-refractivity contribution in [2.24, 2.45) is 0 Å². The molecule has 0 aromatic rings. The minimum atomic E-state index is -2.13. The first-order chi connectivity index (χ1) is 11.1. The third-order valence-electron chi connectivity index (χ3n) is 3.68. The molecule has 0 heterocycles. The molecule has 23 heavy (non-hydrogen) atoms. The fourth-order valence-electron chi connectivity index (χ4n) is 2.34. The van der Waals surface area contributed by atoms with E-state index in [2.05, 4.69) is 27.7 Å². The smallest absolute Gasteiger partial charge is 0.247 e. The molecule has 0 aliphatic rings. The van der Waals surface area contributed by atoms with Gasteiger partial charge in [0.15, 0.2) is 0 Å². The van der Waals surface area contributed by atoms with Crippen LogP contribution in [0, 0.1) is 0 Å². The van der Waals surface area contributed by atoms with Gasteiger partial charge in [0.05, 0.1) is 13.2 Å². The van der Waals surface area contributed by atoms with Crippen LogP contribution in [0.4, 0.5) is 0 Å². The first-order valence-corrected chi connectivity index (χ1v) is 13.8. The van der Waals surface area contributed by atoms with Gasteiger partial charge in [-0.2, -0.15) is 0 Å².